The standard InChI is InChI=1S/C31H33F3N6O2/c1-18-13-20(30(42)37(4)5)14-24(32)28(18)23-9-11-39(17-31(23,33)34)19(2)26-16-22-25(7-10-36-29(22)38(26)6)40-12-8-21(35-3)15-27(40)41/h7-10,12-16,19,35H,11,17H2,1-6H3. The molecule has 42 heavy (non-hydrogen) atoms. The van der Waals surface area contributed by atoms with Gasteiger partial charge in [0.15, 0.2) is 0 Å². The van der Waals surface area contributed by atoms with Crippen LogP contribution in [0.2, 0.25) is 0 Å². The molecule has 8 nitrogen and oxygen atoms in total. The highest BCUT2D eigenvalue weighted by Gasteiger charge is 2.43. The molecule has 1 unspecified atom stereocenters. The summed E-state index contributed by atoms with van der Waals surface area (Å²) in [6.45, 7) is 2.92. The van der Waals surface area contributed by atoms with Crippen LogP contribution in [0.1, 0.15) is 40.1 Å². The minimum absolute atomic E-state index is 0.109. The summed E-state index contributed by atoms with van der Waals surface area (Å²) in [7, 11) is 6.64. The number of carbonyl (C=O) groups is 1. The molecule has 0 saturated carbocycles. The maximum atomic E-state index is 15.7. The first-order valence-corrected chi connectivity index (χ1v) is 13.5. The van der Waals surface area contributed by atoms with Gasteiger partial charge in [0, 0.05) is 92.7 Å². The molecule has 1 aromatic carbocycles. The third kappa shape index (κ3) is 4.98. The van der Waals surface area contributed by atoms with E-state index in [4.69, 9.17) is 0 Å². The summed E-state index contributed by atoms with van der Waals surface area (Å²) < 4.78 is 50.0. The fourth-order valence-electron chi connectivity index (χ4n) is 5.67. The maximum Gasteiger partial charge on any atom is 0.286 e. The lowest BCUT2D eigenvalue weighted by molar-refractivity contribution is 0.00587. The number of aryl methyl sites for hydroxylation is 2. The van der Waals surface area contributed by atoms with Crippen molar-refractivity contribution in [1.29, 1.82) is 0 Å². The Morgan fingerprint density at radius 1 is 1.17 bits per heavy atom. The second-order valence-corrected chi connectivity index (χ2v) is 10.8. The summed E-state index contributed by atoms with van der Waals surface area (Å²) in [5.74, 6) is -4.60. The minimum atomic E-state index is -3.35. The predicted molar refractivity (Wildman–Crippen MR) is 158 cm³/mol. The van der Waals surface area contributed by atoms with Gasteiger partial charge >= 0.3 is 0 Å². The van der Waals surface area contributed by atoms with Crippen LogP contribution in [0.15, 0.2) is 59.7 Å². The number of alkyl halides is 2. The lowest BCUT2D eigenvalue weighted by atomic mass is 9.90. The van der Waals surface area contributed by atoms with Crippen LogP contribution in [-0.2, 0) is 7.05 Å². The molecule has 1 aliphatic heterocycles. The second kappa shape index (κ2) is 10.8. The van der Waals surface area contributed by atoms with Crippen LogP contribution in [0, 0.1) is 12.7 Å². The normalized spacial score (nSPS) is 15.9. The Labute approximate surface area is 241 Å². The van der Waals surface area contributed by atoms with Gasteiger partial charge in [0.25, 0.3) is 17.4 Å². The summed E-state index contributed by atoms with van der Waals surface area (Å²) in [5.41, 5.74) is 2.30. The number of amides is 1. The lowest BCUT2D eigenvalue weighted by Gasteiger charge is -2.37. The number of carbonyl (C=O) groups excluding carboxylic acids is 1. The predicted octanol–water partition coefficient (Wildman–Crippen LogP) is 5.01. The summed E-state index contributed by atoms with van der Waals surface area (Å²) in [6.07, 6.45) is 4.66. The van der Waals surface area contributed by atoms with Gasteiger partial charge in [-0.05, 0) is 49.7 Å². The Hall–Kier alpha value is -4.38. The van der Waals surface area contributed by atoms with Crippen molar-refractivity contribution >= 4 is 28.2 Å². The Morgan fingerprint density at radius 2 is 1.90 bits per heavy atom. The Morgan fingerprint density at radius 3 is 2.52 bits per heavy atom. The van der Waals surface area contributed by atoms with Crippen molar-refractivity contribution < 1.29 is 18.0 Å². The molecule has 4 aromatic rings. The van der Waals surface area contributed by atoms with Gasteiger partial charge in [-0.1, -0.05) is 6.08 Å². The topological polar surface area (TPSA) is 75.4 Å². The molecular weight excluding hydrogens is 545 g/mol. The molecule has 0 bridgehead atoms. The fraction of sp³-hybridized carbons (Fsp3) is 0.323. The Bertz CT molecular complexity index is 1770. The van der Waals surface area contributed by atoms with Gasteiger partial charge < -0.3 is 14.8 Å². The molecule has 0 fully saturated rings. The van der Waals surface area contributed by atoms with E-state index in [1.807, 2.05) is 24.6 Å². The molecular formula is C31H33F3N6O2. The molecule has 0 aliphatic carbocycles. The molecule has 0 radical (unpaired) electrons. The van der Waals surface area contributed by atoms with E-state index in [-0.39, 0.29) is 34.4 Å². The quantitative estimate of drug-likeness (QED) is 0.348. The third-order valence-electron chi connectivity index (χ3n) is 7.92. The van der Waals surface area contributed by atoms with Gasteiger partial charge in [-0.15, -0.1) is 0 Å². The van der Waals surface area contributed by atoms with E-state index < -0.39 is 30.2 Å². The molecule has 11 heteroatoms. The number of benzene rings is 1. The van der Waals surface area contributed by atoms with Crippen LogP contribution in [-0.4, -0.2) is 70.0 Å². The van der Waals surface area contributed by atoms with Gasteiger partial charge in [-0.2, -0.15) is 8.78 Å². The molecule has 1 atom stereocenters. The number of halogens is 3. The zero-order chi connectivity index (χ0) is 30.5. The monoisotopic (exact) mass is 578 g/mol. The molecule has 1 aliphatic rings. The number of hydrogen-bond donors (Lipinski definition) is 1. The van der Waals surface area contributed by atoms with Crippen molar-refractivity contribution in [2.45, 2.75) is 25.8 Å². The van der Waals surface area contributed by atoms with Crippen LogP contribution in [0.25, 0.3) is 22.3 Å². The average molecular weight is 579 g/mol. The highest BCUT2D eigenvalue weighted by atomic mass is 19.3. The van der Waals surface area contributed by atoms with Crippen molar-refractivity contribution in [1.82, 2.24) is 23.9 Å². The van der Waals surface area contributed by atoms with Crippen LogP contribution < -0.4 is 10.9 Å². The van der Waals surface area contributed by atoms with E-state index in [0.717, 1.165) is 11.8 Å². The van der Waals surface area contributed by atoms with E-state index in [1.54, 1.807) is 50.6 Å². The molecule has 1 amide bonds. The highest BCUT2D eigenvalue weighted by molar-refractivity contribution is 5.95. The van der Waals surface area contributed by atoms with Gasteiger partial charge in [0.05, 0.1) is 12.2 Å². The van der Waals surface area contributed by atoms with E-state index in [2.05, 4.69) is 10.3 Å². The van der Waals surface area contributed by atoms with Crippen LogP contribution >= 0.6 is 0 Å². The van der Waals surface area contributed by atoms with Crippen molar-refractivity contribution in [3.8, 4) is 5.69 Å². The first-order chi connectivity index (χ1) is 19.8. The molecule has 5 rings (SSSR count). The highest BCUT2D eigenvalue weighted by Crippen LogP contribution is 2.41. The molecule has 4 heterocycles. The van der Waals surface area contributed by atoms with E-state index in [9.17, 15) is 9.59 Å². The van der Waals surface area contributed by atoms with Crippen molar-refractivity contribution in [3.63, 3.8) is 0 Å². The van der Waals surface area contributed by atoms with Gasteiger partial charge in [-0.25, -0.2) is 9.37 Å². The Kier molecular flexibility index (Phi) is 7.48. The molecule has 0 spiro atoms. The number of anilines is 1. The van der Waals surface area contributed by atoms with Gasteiger partial charge in [-0.3, -0.25) is 19.1 Å². The fourth-order valence-corrected chi connectivity index (χ4v) is 5.67. The van der Waals surface area contributed by atoms with E-state index in [0.29, 0.717) is 22.4 Å². The van der Waals surface area contributed by atoms with Crippen LogP contribution in [0.3, 0.4) is 0 Å². The summed E-state index contributed by atoms with van der Waals surface area (Å²) >= 11 is 0. The number of nitrogens with one attached hydrogen (secondary N) is 1. The zero-order valence-corrected chi connectivity index (χ0v) is 24.4. The van der Waals surface area contributed by atoms with Crippen molar-refractivity contribution in [3.05, 3.63) is 93.4 Å². The van der Waals surface area contributed by atoms with Crippen molar-refractivity contribution in [2.75, 3.05) is 39.5 Å². The molecule has 3 aromatic heterocycles. The minimum Gasteiger partial charge on any atom is -0.388 e. The van der Waals surface area contributed by atoms with E-state index >= 15 is 13.2 Å². The number of pyridine rings is 2. The van der Waals surface area contributed by atoms with Crippen LogP contribution in [0.4, 0.5) is 18.9 Å². The van der Waals surface area contributed by atoms with Crippen molar-refractivity contribution in [2.24, 2.45) is 7.05 Å². The molecule has 0 saturated heterocycles. The largest absolute Gasteiger partial charge is 0.388 e. The smallest absolute Gasteiger partial charge is 0.286 e. The Balaban J connectivity index is 1.49. The first-order valence-electron chi connectivity index (χ1n) is 13.5. The van der Waals surface area contributed by atoms with Gasteiger partial charge in [0.2, 0.25) is 0 Å². The van der Waals surface area contributed by atoms with E-state index in [1.165, 1.54) is 34.6 Å². The molecule has 1 N–H and O–H groups in total. The zero-order valence-electron chi connectivity index (χ0n) is 24.4. The van der Waals surface area contributed by atoms with Crippen LogP contribution in [0.5, 0.6) is 0 Å². The lowest BCUT2D eigenvalue weighted by Crippen LogP contribution is -2.43. The number of fused-ring (bicyclic) bond motifs is 1. The number of aromatic nitrogens is 3. The SMILES string of the molecule is CNc1ccn(-c2ccnc3c2cc(C(C)N2CC=C(c4c(C)cc(C(=O)N(C)C)cc4F)C(F)(F)C2)n3C)c(=O)c1. The third-order valence-corrected chi connectivity index (χ3v) is 7.92. The summed E-state index contributed by atoms with van der Waals surface area (Å²) in [6, 6.07) is 8.93. The molecule has 220 valence electrons. The first kappa shape index (κ1) is 29.1. The second-order valence-electron chi connectivity index (χ2n) is 10.8. The average Bonchev–Trinajstić information content (AvgIpc) is 3.28. The summed E-state index contributed by atoms with van der Waals surface area (Å²) in [4.78, 5) is 32.6. The maximum absolute atomic E-state index is 15.7. The summed E-state index contributed by atoms with van der Waals surface area (Å²) in [5, 5.41) is 3.66. The number of hydrogen-bond acceptors (Lipinski definition) is 5. The van der Waals surface area contributed by atoms with Gasteiger partial charge in [0.1, 0.15) is 11.5 Å². The number of rotatable bonds is 6. The number of nitrogens with zero attached hydrogens (tertiary/aromatic N) is 5.